The number of carbonyl (C=O) groups is 2. The third-order valence-corrected chi connectivity index (χ3v) is 2.29. The number of ether oxygens (including phenoxy) is 2. The van der Waals surface area contributed by atoms with E-state index in [4.69, 9.17) is 14.6 Å². The Labute approximate surface area is 68.3 Å². The first kappa shape index (κ1) is 7.39. The monoisotopic (exact) mass is 172 g/mol. The lowest BCUT2D eigenvalue weighted by molar-refractivity contribution is -0.142. The van der Waals surface area contributed by atoms with Crippen LogP contribution in [0.5, 0.6) is 0 Å². The van der Waals surface area contributed by atoms with Gasteiger partial charge in [-0.1, -0.05) is 0 Å². The van der Waals surface area contributed by atoms with E-state index in [-0.39, 0.29) is 12.2 Å². The third kappa shape index (κ3) is 1.01. The zero-order chi connectivity index (χ0) is 8.72. The Morgan fingerprint density at radius 3 is 2.25 bits per heavy atom. The van der Waals surface area contributed by atoms with Crippen molar-refractivity contribution in [1.29, 1.82) is 0 Å². The predicted octanol–water partition coefficient (Wildman–Crippen LogP) is 0.385. The molecular weight excluding hydrogens is 164 g/mol. The zero-order valence-corrected chi connectivity index (χ0v) is 6.23. The maximum absolute atomic E-state index is 10.5. The summed E-state index contributed by atoms with van der Waals surface area (Å²) in [4.78, 5) is 21.1. The summed E-state index contributed by atoms with van der Waals surface area (Å²) in [7, 11) is 0. The molecule has 1 aliphatic heterocycles. The highest BCUT2D eigenvalue weighted by molar-refractivity contribution is 5.71. The van der Waals surface area contributed by atoms with Gasteiger partial charge in [0.15, 0.2) is 0 Å². The minimum atomic E-state index is -0.843. The van der Waals surface area contributed by atoms with E-state index in [9.17, 15) is 9.59 Å². The Balaban J connectivity index is 2.02. The van der Waals surface area contributed by atoms with Crippen molar-refractivity contribution in [3.05, 3.63) is 0 Å². The molecular formula is C7H8O5. The molecule has 2 aliphatic rings. The number of carbonyl (C=O) groups excluding carboxylic acids is 1. The van der Waals surface area contributed by atoms with E-state index in [0.29, 0.717) is 12.8 Å². The minimum absolute atomic E-state index is 0.335. The number of rotatable bonds is 1. The van der Waals surface area contributed by atoms with E-state index >= 15 is 0 Å². The summed E-state index contributed by atoms with van der Waals surface area (Å²) in [6, 6.07) is 0. The quantitative estimate of drug-likeness (QED) is 0.579. The average molecular weight is 172 g/mol. The maximum atomic E-state index is 10.5. The molecule has 2 fully saturated rings. The van der Waals surface area contributed by atoms with Gasteiger partial charge in [0.25, 0.3) is 0 Å². The molecule has 0 aromatic heterocycles. The van der Waals surface area contributed by atoms with Gasteiger partial charge in [-0.05, 0) is 0 Å². The van der Waals surface area contributed by atoms with E-state index in [1.54, 1.807) is 0 Å². The van der Waals surface area contributed by atoms with Crippen molar-refractivity contribution in [1.82, 2.24) is 0 Å². The van der Waals surface area contributed by atoms with Crippen molar-refractivity contribution in [3.63, 3.8) is 0 Å². The molecule has 5 heteroatoms. The lowest BCUT2D eigenvalue weighted by Gasteiger charge is -2.02. The standard InChI is InChI=1S/C7H8O5/c8-6(9)3-1-4-5(2-3)12-7(10)11-4/h3-5H,1-2H2,(H,8,9)/t3?,4-,5+. The number of hydrogen-bond donors (Lipinski definition) is 1. The first-order chi connectivity index (χ1) is 5.66. The highest BCUT2D eigenvalue weighted by Gasteiger charge is 2.47. The lowest BCUT2D eigenvalue weighted by Crippen LogP contribution is -2.13. The molecule has 66 valence electrons. The van der Waals surface area contributed by atoms with Gasteiger partial charge < -0.3 is 14.6 Å². The summed E-state index contributed by atoms with van der Waals surface area (Å²) in [5.74, 6) is -1.27. The molecule has 3 atom stereocenters. The summed E-state index contributed by atoms with van der Waals surface area (Å²) in [5, 5.41) is 8.64. The van der Waals surface area contributed by atoms with Crippen LogP contribution in [0.4, 0.5) is 4.79 Å². The predicted molar refractivity (Wildman–Crippen MR) is 35.5 cm³/mol. The van der Waals surface area contributed by atoms with Crippen LogP contribution in [-0.2, 0) is 14.3 Å². The Morgan fingerprint density at radius 1 is 1.33 bits per heavy atom. The molecule has 1 aliphatic carbocycles. The normalized spacial score (nSPS) is 38.7. The summed E-state index contributed by atoms with van der Waals surface area (Å²) < 4.78 is 9.48. The molecule has 0 aromatic rings. The van der Waals surface area contributed by atoms with Crippen molar-refractivity contribution in [2.24, 2.45) is 5.92 Å². The first-order valence-electron chi connectivity index (χ1n) is 3.77. The van der Waals surface area contributed by atoms with Gasteiger partial charge in [-0.2, -0.15) is 0 Å². The summed E-state index contributed by atoms with van der Waals surface area (Å²) >= 11 is 0. The van der Waals surface area contributed by atoms with Gasteiger partial charge in [-0.3, -0.25) is 4.79 Å². The Kier molecular flexibility index (Phi) is 1.46. The highest BCUT2D eigenvalue weighted by atomic mass is 16.8. The van der Waals surface area contributed by atoms with Crippen LogP contribution in [0.15, 0.2) is 0 Å². The molecule has 0 bridgehead atoms. The fourth-order valence-corrected chi connectivity index (χ4v) is 1.69. The van der Waals surface area contributed by atoms with E-state index in [0.717, 1.165) is 0 Å². The summed E-state index contributed by atoms with van der Waals surface area (Å²) in [5.41, 5.74) is 0. The second kappa shape index (κ2) is 2.36. The van der Waals surface area contributed by atoms with Crippen LogP contribution in [-0.4, -0.2) is 29.4 Å². The van der Waals surface area contributed by atoms with Crippen molar-refractivity contribution in [2.45, 2.75) is 25.0 Å². The van der Waals surface area contributed by atoms with E-state index in [1.165, 1.54) is 0 Å². The largest absolute Gasteiger partial charge is 0.509 e. The van der Waals surface area contributed by atoms with Crippen LogP contribution in [0.2, 0.25) is 0 Å². The highest BCUT2D eigenvalue weighted by Crippen LogP contribution is 2.34. The number of fused-ring (bicyclic) bond motifs is 1. The fraction of sp³-hybridized carbons (Fsp3) is 0.714. The van der Waals surface area contributed by atoms with Crippen molar-refractivity contribution in [3.8, 4) is 0 Å². The van der Waals surface area contributed by atoms with Crippen LogP contribution in [0, 0.1) is 5.92 Å². The Morgan fingerprint density at radius 2 is 1.83 bits per heavy atom. The average Bonchev–Trinajstić information content (AvgIpc) is 2.42. The second-order valence-electron chi connectivity index (χ2n) is 3.07. The smallest absolute Gasteiger partial charge is 0.481 e. The van der Waals surface area contributed by atoms with Gasteiger partial charge in [0.2, 0.25) is 0 Å². The van der Waals surface area contributed by atoms with Gasteiger partial charge in [0.05, 0.1) is 5.92 Å². The maximum Gasteiger partial charge on any atom is 0.509 e. The van der Waals surface area contributed by atoms with Gasteiger partial charge in [0.1, 0.15) is 12.2 Å². The molecule has 1 heterocycles. The van der Waals surface area contributed by atoms with Crippen molar-refractivity contribution >= 4 is 12.1 Å². The van der Waals surface area contributed by atoms with E-state index < -0.39 is 18.0 Å². The van der Waals surface area contributed by atoms with Crippen LogP contribution in [0.3, 0.4) is 0 Å². The Bertz CT molecular complexity index is 220. The summed E-state index contributed by atoms with van der Waals surface area (Å²) in [6.45, 7) is 0. The van der Waals surface area contributed by atoms with Crippen LogP contribution in [0.25, 0.3) is 0 Å². The molecule has 2 rings (SSSR count). The number of hydrogen-bond acceptors (Lipinski definition) is 4. The molecule has 1 saturated heterocycles. The minimum Gasteiger partial charge on any atom is -0.481 e. The van der Waals surface area contributed by atoms with Gasteiger partial charge >= 0.3 is 12.1 Å². The molecule has 1 N–H and O–H groups in total. The Hall–Kier alpha value is -1.26. The summed E-state index contributed by atoms with van der Waals surface area (Å²) in [6.07, 6.45) is -0.580. The SMILES string of the molecule is O=C1O[C@H]2CC(C(=O)O)C[C@H]2O1. The molecule has 5 nitrogen and oxygen atoms in total. The topological polar surface area (TPSA) is 72.8 Å². The molecule has 0 aromatic carbocycles. The van der Waals surface area contributed by atoms with Gasteiger partial charge in [-0.15, -0.1) is 0 Å². The number of aliphatic carboxylic acids is 1. The van der Waals surface area contributed by atoms with Gasteiger partial charge in [0, 0.05) is 12.8 Å². The molecule has 1 saturated carbocycles. The molecule has 1 unspecified atom stereocenters. The van der Waals surface area contributed by atoms with Crippen LogP contribution >= 0.6 is 0 Å². The molecule has 0 radical (unpaired) electrons. The third-order valence-electron chi connectivity index (χ3n) is 2.29. The lowest BCUT2D eigenvalue weighted by atomic mass is 10.1. The zero-order valence-electron chi connectivity index (χ0n) is 6.23. The van der Waals surface area contributed by atoms with Gasteiger partial charge in [-0.25, -0.2) is 4.79 Å². The fourth-order valence-electron chi connectivity index (χ4n) is 1.69. The van der Waals surface area contributed by atoms with E-state index in [1.807, 2.05) is 0 Å². The number of carboxylic acid groups (broad SMARTS) is 1. The second-order valence-corrected chi connectivity index (χ2v) is 3.07. The first-order valence-corrected chi connectivity index (χ1v) is 3.77. The van der Waals surface area contributed by atoms with Crippen molar-refractivity contribution in [2.75, 3.05) is 0 Å². The molecule has 12 heavy (non-hydrogen) atoms. The number of carboxylic acids is 1. The molecule has 0 spiro atoms. The van der Waals surface area contributed by atoms with Crippen LogP contribution in [0.1, 0.15) is 12.8 Å². The molecule has 0 amide bonds. The van der Waals surface area contributed by atoms with Crippen LogP contribution < -0.4 is 0 Å². The van der Waals surface area contributed by atoms with E-state index in [2.05, 4.69) is 0 Å². The van der Waals surface area contributed by atoms with Crippen molar-refractivity contribution < 1.29 is 24.2 Å².